The summed E-state index contributed by atoms with van der Waals surface area (Å²) in [6.45, 7) is 36.1. The van der Waals surface area contributed by atoms with E-state index in [2.05, 4.69) is 183 Å². The molecule has 6 aromatic rings. The minimum absolute atomic E-state index is 0. The molecule has 0 aliphatic carbocycles. The van der Waals surface area contributed by atoms with Crippen molar-refractivity contribution in [2.75, 3.05) is 6.79 Å². The number of halogens is 2. The average Bonchev–Trinajstić information content (AvgIpc) is 3.73. The summed E-state index contributed by atoms with van der Waals surface area (Å²) in [6, 6.07) is 43.1. The van der Waals surface area contributed by atoms with Gasteiger partial charge in [0.15, 0.2) is 11.5 Å². The lowest BCUT2D eigenvalue weighted by Gasteiger charge is -2.05. The van der Waals surface area contributed by atoms with Crippen LogP contribution in [-0.4, -0.2) is 6.79 Å². The number of benzene rings is 6. The van der Waals surface area contributed by atoms with Gasteiger partial charge in [-0.25, -0.2) is 8.78 Å². The molecule has 0 saturated heterocycles. The zero-order valence-electron chi connectivity index (χ0n) is 42.4. The molecule has 1 heterocycles. The predicted molar refractivity (Wildman–Crippen MR) is 280 cm³/mol. The summed E-state index contributed by atoms with van der Waals surface area (Å²) in [5.41, 5.74) is 13.1. The maximum Gasteiger partial charge on any atom is 0.231 e. The smallest absolute Gasteiger partial charge is 0.231 e. The second-order valence-electron chi connectivity index (χ2n) is 18.8. The number of ether oxygens (including phenoxy) is 2. The Bertz CT molecular complexity index is 2040. The second-order valence-corrected chi connectivity index (χ2v) is 18.8. The molecule has 2 nitrogen and oxygen atoms in total. The Balaban J connectivity index is 0.000000389. The lowest BCUT2D eigenvalue weighted by Crippen LogP contribution is -1.93. The van der Waals surface area contributed by atoms with Crippen molar-refractivity contribution in [2.45, 2.75) is 161 Å². The molecule has 0 bridgehead atoms. The van der Waals surface area contributed by atoms with Gasteiger partial charge in [0.1, 0.15) is 11.6 Å². The first-order valence-electron chi connectivity index (χ1n) is 23.2. The number of rotatable bonds is 6. The van der Waals surface area contributed by atoms with Gasteiger partial charge in [-0.3, -0.25) is 0 Å². The van der Waals surface area contributed by atoms with Gasteiger partial charge < -0.3 is 9.47 Å². The summed E-state index contributed by atoms with van der Waals surface area (Å²) in [4.78, 5) is 0. The minimum Gasteiger partial charge on any atom is -0.454 e. The Kier molecular flexibility index (Phi) is 26.1. The molecule has 6 aromatic carbocycles. The largest absolute Gasteiger partial charge is 0.454 e. The summed E-state index contributed by atoms with van der Waals surface area (Å²) >= 11 is 0. The zero-order valence-corrected chi connectivity index (χ0v) is 42.4. The number of hydrogen-bond acceptors (Lipinski definition) is 2. The Morgan fingerprint density at radius 1 is 0.323 bits per heavy atom. The van der Waals surface area contributed by atoms with Gasteiger partial charge in [0, 0.05) is 0 Å². The molecule has 0 fully saturated rings. The molecular weight excluding hydrogens is 803 g/mol. The summed E-state index contributed by atoms with van der Waals surface area (Å²) in [7, 11) is 0. The van der Waals surface area contributed by atoms with Crippen molar-refractivity contribution in [1.29, 1.82) is 0 Å². The van der Waals surface area contributed by atoms with Gasteiger partial charge in [0.25, 0.3) is 0 Å². The molecule has 0 aromatic heterocycles. The van der Waals surface area contributed by atoms with E-state index in [1.807, 2.05) is 36.4 Å². The molecule has 354 valence electrons. The monoisotopic (exact) mass is 887 g/mol. The van der Waals surface area contributed by atoms with Crippen LogP contribution in [0.25, 0.3) is 0 Å². The fourth-order valence-electron chi connectivity index (χ4n) is 6.06. The van der Waals surface area contributed by atoms with Gasteiger partial charge in [-0.2, -0.15) is 0 Å². The highest BCUT2D eigenvalue weighted by Gasteiger charge is 2.14. The van der Waals surface area contributed by atoms with Crippen LogP contribution < -0.4 is 9.47 Å². The fraction of sp³-hybridized carbons (Fsp3) is 0.410. The van der Waals surface area contributed by atoms with Crippen molar-refractivity contribution in [2.24, 2.45) is 0 Å². The van der Waals surface area contributed by atoms with Crippen molar-refractivity contribution in [1.82, 2.24) is 0 Å². The van der Waals surface area contributed by atoms with E-state index >= 15 is 0 Å². The Hall–Kier alpha value is -5.22. The first kappa shape index (κ1) is 57.8. The predicted octanol–water partition coefficient (Wildman–Crippen LogP) is 19.0. The van der Waals surface area contributed by atoms with Crippen LogP contribution in [0.5, 0.6) is 11.5 Å². The summed E-state index contributed by atoms with van der Waals surface area (Å²) in [5, 5.41) is 0. The Labute approximate surface area is 395 Å². The number of fused-ring (bicyclic) bond motifs is 1. The van der Waals surface area contributed by atoms with Crippen LogP contribution in [0.3, 0.4) is 0 Å². The van der Waals surface area contributed by atoms with E-state index in [1.165, 1.54) is 38.9 Å². The van der Waals surface area contributed by atoms with Crippen molar-refractivity contribution in [3.05, 3.63) is 200 Å². The summed E-state index contributed by atoms with van der Waals surface area (Å²) in [5.74, 6) is 4.85. The first-order valence-corrected chi connectivity index (χ1v) is 23.2. The van der Waals surface area contributed by atoms with Crippen LogP contribution in [0, 0.1) is 46.3 Å². The molecule has 0 unspecified atom stereocenters. The topological polar surface area (TPSA) is 18.5 Å². The molecule has 7 rings (SSSR count). The molecule has 0 spiro atoms. The second kappa shape index (κ2) is 29.3. The van der Waals surface area contributed by atoms with E-state index in [4.69, 9.17) is 9.47 Å². The van der Waals surface area contributed by atoms with E-state index in [-0.39, 0.29) is 19.1 Å². The van der Waals surface area contributed by atoms with Crippen LogP contribution in [0.4, 0.5) is 8.78 Å². The number of hydrogen-bond donors (Lipinski definition) is 0. The maximum absolute atomic E-state index is 12.9. The molecule has 65 heavy (non-hydrogen) atoms. The summed E-state index contributed by atoms with van der Waals surface area (Å²) < 4.78 is 36.4. The minimum atomic E-state index is -0.101. The van der Waals surface area contributed by atoms with Gasteiger partial charge in [-0.15, -0.1) is 0 Å². The van der Waals surface area contributed by atoms with Crippen molar-refractivity contribution < 1.29 is 18.3 Å². The third-order valence-corrected chi connectivity index (χ3v) is 11.0. The third-order valence-electron chi connectivity index (χ3n) is 11.0. The molecule has 1 aliphatic heterocycles. The maximum atomic E-state index is 12.9. The fourth-order valence-corrected chi connectivity index (χ4v) is 6.06. The van der Waals surface area contributed by atoms with Crippen LogP contribution in [0.15, 0.2) is 127 Å². The number of aryl methyl sites for hydroxylation is 5. The Morgan fingerprint density at radius 2 is 0.569 bits per heavy atom. The first-order chi connectivity index (χ1) is 30.1. The van der Waals surface area contributed by atoms with E-state index in [0.29, 0.717) is 42.3 Å². The van der Waals surface area contributed by atoms with Crippen LogP contribution in [0.1, 0.15) is 187 Å². The molecule has 0 N–H and O–H groups in total. The van der Waals surface area contributed by atoms with Crippen molar-refractivity contribution >= 4 is 0 Å². The van der Waals surface area contributed by atoms with E-state index in [1.54, 1.807) is 26.0 Å². The van der Waals surface area contributed by atoms with Gasteiger partial charge in [-0.1, -0.05) is 210 Å². The zero-order chi connectivity index (χ0) is 48.1. The van der Waals surface area contributed by atoms with E-state index in [0.717, 1.165) is 33.8 Å². The molecule has 0 saturated carbocycles. The normalized spacial score (nSPS) is 11.0. The van der Waals surface area contributed by atoms with Crippen molar-refractivity contribution in [3.8, 4) is 11.5 Å². The quantitative estimate of drug-likeness (QED) is 0.166. The molecular formula is C61H84F2O2. The van der Waals surface area contributed by atoms with Gasteiger partial charge in [-0.05, 0) is 139 Å². The van der Waals surface area contributed by atoms with E-state index in [9.17, 15) is 8.78 Å². The van der Waals surface area contributed by atoms with Crippen LogP contribution in [0.2, 0.25) is 0 Å². The summed E-state index contributed by atoms with van der Waals surface area (Å²) in [6.07, 6.45) is 0. The van der Waals surface area contributed by atoms with Gasteiger partial charge in [0.05, 0.1) is 0 Å². The highest BCUT2D eigenvalue weighted by Crippen LogP contribution is 2.34. The van der Waals surface area contributed by atoms with Crippen molar-refractivity contribution in [3.63, 3.8) is 0 Å². The molecule has 0 radical (unpaired) electrons. The molecule has 1 aliphatic rings. The standard InChI is InChI=1S/2C10H13F.C10H12O2.3C10H14.CH4/c2*1-7(2)9-5-4-8(3)10(11)6-9;1-7(2)8-3-4-9-10(5-8)12-6-11-9;3*1-8(2)10-6-4-9(3)5-7-10;/h2*4-7H,1-3H3;3-5,7H,6H2,1-2H3;3*4-8H,1-3H3;1H4. The highest BCUT2D eigenvalue weighted by molar-refractivity contribution is 5.45. The Morgan fingerprint density at radius 3 is 0.846 bits per heavy atom. The highest BCUT2D eigenvalue weighted by atomic mass is 19.1. The van der Waals surface area contributed by atoms with Crippen LogP contribution >= 0.6 is 0 Å². The SMILES string of the molecule is C.CC(C)c1ccc2c(c1)OCO2.Cc1ccc(C(C)C)cc1.Cc1ccc(C(C)C)cc1.Cc1ccc(C(C)C)cc1.Cc1ccc(C(C)C)cc1F.Cc1ccc(C(C)C)cc1F. The molecule has 0 atom stereocenters. The van der Waals surface area contributed by atoms with Gasteiger partial charge >= 0.3 is 0 Å². The van der Waals surface area contributed by atoms with Crippen LogP contribution in [-0.2, 0) is 0 Å². The van der Waals surface area contributed by atoms with Gasteiger partial charge in [0.2, 0.25) is 6.79 Å². The molecule has 4 heteroatoms. The average molecular weight is 887 g/mol. The van der Waals surface area contributed by atoms with E-state index < -0.39 is 0 Å². The lowest BCUT2D eigenvalue weighted by atomic mass is 10.0. The lowest BCUT2D eigenvalue weighted by molar-refractivity contribution is 0.174. The third kappa shape index (κ3) is 21.5. The molecule has 0 amide bonds.